The van der Waals surface area contributed by atoms with Crippen LogP contribution in [-0.4, -0.2) is 68.9 Å². The molecule has 0 saturated carbocycles. The number of hydrogen-bond donors (Lipinski definition) is 2. The second-order valence-corrected chi connectivity index (χ2v) is 10.2. The van der Waals surface area contributed by atoms with Crippen LogP contribution in [0.3, 0.4) is 0 Å². The molecule has 2 saturated heterocycles. The van der Waals surface area contributed by atoms with Crippen molar-refractivity contribution in [2.24, 2.45) is 0 Å². The smallest absolute Gasteiger partial charge is 0.326 e. The molecule has 2 rings (SSSR count). The van der Waals surface area contributed by atoms with Crippen molar-refractivity contribution in [2.45, 2.75) is 142 Å². The topological polar surface area (TPSA) is 115 Å². The fourth-order valence-corrected chi connectivity index (χ4v) is 5.04. The van der Waals surface area contributed by atoms with Gasteiger partial charge in [0.25, 0.3) is 0 Å². The maximum absolute atomic E-state index is 12.0. The summed E-state index contributed by atoms with van der Waals surface area (Å²) in [5.74, 6) is -1.67. The lowest BCUT2D eigenvalue weighted by Gasteiger charge is -2.21. The van der Waals surface area contributed by atoms with Gasteiger partial charge in [-0.15, -0.1) is 0 Å². The van der Waals surface area contributed by atoms with E-state index in [2.05, 4.69) is 13.8 Å². The summed E-state index contributed by atoms with van der Waals surface area (Å²) in [4.78, 5) is 48.8. The minimum atomic E-state index is -0.859. The number of likely N-dealkylation sites (tertiary alicyclic amines) is 2. The average Bonchev–Trinajstić information content (AvgIpc) is 3.54. The molecule has 1 unspecified atom stereocenters. The van der Waals surface area contributed by atoms with Crippen LogP contribution in [0.25, 0.3) is 0 Å². The maximum atomic E-state index is 12.0. The van der Waals surface area contributed by atoms with Gasteiger partial charge in [-0.3, -0.25) is 9.59 Å². The number of amides is 2. The van der Waals surface area contributed by atoms with Crippen LogP contribution in [0.15, 0.2) is 0 Å². The zero-order valence-electron chi connectivity index (χ0n) is 22.7. The van der Waals surface area contributed by atoms with E-state index in [1.54, 1.807) is 9.80 Å². The van der Waals surface area contributed by atoms with Gasteiger partial charge in [-0.25, -0.2) is 9.59 Å². The minimum Gasteiger partial charge on any atom is -0.480 e. The van der Waals surface area contributed by atoms with Gasteiger partial charge < -0.3 is 20.0 Å². The van der Waals surface area contributed by atoms with Crippen LogP contribution >= 0.6 is 0 Å². The van der Waals surface area contributed by atoms with Gasteiger partial charge in [0.05, 0.1) is 0 Å². The molecule has 2 atom stereocenters. The van der Waals surface area contributed by atoms with Crippen LogP contribution in [0.2, 0.25) is 0 Å². The van der Waals surface area contributed by atoms with Crippen molar-refractivity contribution < 1.29 is 29.4 Å². The molecule has 0 aromatic rings. The largest absolute Gasteiger partial charge is 0.480 e. The Bertz CT molecular complexity index is 668. The van der Waals surface area contributed by atoms with E-state index in [0.717, 1.165) is 38.5 Å². The molecule has 0 aromatic carbocycles. The predicted molar refractivity (Wildman–Crippen MR) is 141 cm³/mol. The third-order valence-electron chi connectivity index (χ3n) is 7.20. The molecule has 0 bridgehead atoms. The third kappa shape index (κ3) is 12.2. The first-order valence-electron chi connectivity index (χ1n) is 14.4. The Kier molecular flexibility index (Phi) is 16.9. The Hall–Kier alpha value is -2.12. The fraction of sp³-hybridized carbons (Fsp3) is 0.857. The third-order valence-corrected chi connectivity index (χ3v) is 7.20. The molecule has 0 aromatic heterocycles. The quantitative estimate of drug-likeness (QED) is 0.260. The lowest BCUT2D eigenvalue weighted by atomic mass is 10.1. The van der Waals surface area contributed by atoms with E-state index in [0.29, 0.717) is 38.8 Å². The molecular weight excluding hydrogens is 460 g/mol. The Morgan fingerprint density at radius 1 is 0.583 bits per heavy atom. The summed E-state index contributed by atoms with van der Waals surface area (Å²) >= 11 is 0. The maximum Gasteiger partial charge on any atom is 0.326 e. The number of carbonyl (C=O) groups is 4. The van der Waals surface area contributed by atoms with Crippen molar-refractivity contribution in [2.75, 3.05) is 13.1 Å². The number of aliphatic carboxylic acids is 2. The first-order valence-corrected chi connectivity index (χ1v) is 14.4. The van der Waals surface area contributed by atoms with Crippen molar-refractivity contribution in [1.82, 2.24) is 9.80 Å². The van der Waals surface area contributed by atoms with Crippen LogP contribution in [0, 0.1) is 0 Å². The second kappa shape index (κ2) is 19.1. The summed E-state index contributed by atoms with van der Waals surface area (Å²) in [7, 11) is 0. The van der Waals surface area contributed by atoms with Gasteiger partial charge in [0.1, 0.15) is 12.1 Å². The zero-order valence-corrected chi connectivity index (χ0v) is 22.7. The number of rotatable bonds is 16. The number of nitrogens with zero attached hydrogens (tertiary/aromatic N) is 2. The molecule has 208 valence electrons. The Balaban J connectivity index is 0.000000362. The molecule has 2 heterocycles. The van der Waals surface area contributed by atoms with E-state index in [1.165, 1.54) is 51.4 Å². The number of carbonyl (C=O) groups excluding carboxylic acids is 2. The van der Waals surface area contributed by atoms with Crippen LogP contribution in [0.5, 0.6) is 0 Å². The number of carboxylic acid groups (broad SMARTS) is 2. The van der Waals surface area contributed by atoms with E-state index in [-0.39, 0.29) is 11.8 Å². The normalized spacial score (nSPS) is 19.2. The minimum absolute atomic E-state index is 0.0198. The monoisotopic (exact) mass is 510 g/mol. The number of carboxylic acids is 2. The number of hydrogen-bond acceptors (Lipinski definition) is 4. The molecule has 0 aliphatic carbocycles. The highest BCUT2D eigenvalue weighted by atomic mass is 16.4. The summed E-state index contributed by atoms with van der Waals surface area (Å²) in [6.07, 6.45) is 17.7. The van der Waals surface area contributed by atoms with Crippen molar-refractivity contribution in [3.05, 3.63) is 0 Å². The van der Waals surface area contributed by atoms with Crippen molar-refractivity contribution >= 4 is 23.8 Å². The van der Waals surface area contributed by atoms with Gasteiger partial charge >= 0.3 is 11.9 Å². The highest BCUT2D eigenvalue weighted by Gasteiger charge is 2.34. The van der Waals surface area contributed by atoms with Crippen molar-refractivity contribution in [3.63, 3.8) is 0 Å². The van der Waals surface area contributed by atoms with Crippen LogP contribution in [0.1, 0.15) is 129 Å². The first kappa shape index (κ1) is 31.9. The van der Waals surface area contributed by atoms with E-state index in [9.17, 15) is 19.2 Å². The first-order chi connectivity index (χ1) is 17.3. The Morgan fingerprint density at radius 2 is 0.917 bits per heavy atom. The van der Waals surface area contributed by atoms with Gasteiger partial charge in [0.15, 0.2) is 0 Å². The molecule has 36 heavy (non-hydrogen) atoms. The zero-order chi connectivity index (χ0) is 26.8. The van der Waals surface area contributed by atoms with Gasteiger partial charge in [-0.2, -0.15) is 0 Å². The molecule has 2 aliphatic heterocycles. The van der Waals surface area contributed by atoms with Crippen LogP contribution in [0.4, 0.5) is 0 Å². The van der Waals surface area contributed by atoms with Crippen molar-refractivity contribution in [1.29, 1.82) is 0 Å². The summed E-state index contributed by atoms with van der Waals surface area (Å²) in [5, 5.41) is 18.0. The molecule has 0 radical (unpaired) electrons. The van der Waals surface area contributed by atoms with E-state index in [4.69, 9.17) is 10.2 Å². The lowest BCUT2D eigenvalue weighted by Crippen LogP contribution is -2.40. The van der Waals surface area contributed by atoms with Crippen LogP contribution < -0.4 is 0 Å². The average molecular weight is 511 g/mol. The van der Waals surface area contributed by atoms with Crippen LogP contribution in [-0.2, 0) is 19.2 Å². The fourth-order valence-electron chi connectivity index (χ4n) is 5.04. The highest BCUT2D eigenvalue weighted by Crippen LogP contribution is 2.20. The molecule has 2 fully saturated rings. The van der Waals surface area contributed by atoms with E-state index in [1.807, 2.05) is 0 Å². The molecule has 0 spiro atoms. The molecule has 2 amide bonds. The van der Waals surface area contributed by atoms with Gasteiger partial charge in [0.2, 0.25) is 11.8 Å². The summed E-state index contributed by atoms with van der Waals surface area (Å²) in [6.45, 7) is 5.59. The van der Waals surface area contributed by atoms with Gasteiger partial charge in [0, 0.05) is 25.9 Å². The molecule has 2 N–H and O–H groups in total. The van der Waals surface area contributed by atoms with Gasteiger partial charge in [-0.05, 0) is 38.5 Å². The van der Waals surface area contributed by atoms with E-state index >= 15 is 0 Å². The molecule has 8 heteroatoms. The Morgan fingerprint density at radius 3 is 1.25 bits per heavy atom. The molecular formula is C28H50N2O6. The van der Waals surface area contributed by atoms with Gasteiger partial charge in [-0.1, -0.05) is 78.1 Å². The SMILES string of the molecule is CCCCCCCC(=O)N1CCC[C@H]1C(=O)O.CCCCCCCCCC(=O)N1CCCC1C(=O)O. The summed E-state index contributed by atoms with van der Waals surface area (Å²) < 4.78 is 0. The molecule has 2 aliphatic rings. The predicted octanol–water partition coefficient (Wildman–Crippen LogP) is 5.63. The lowest BCUT2D eigenvalue weighted by molar-refractivity contribution is -0.148. The second-order valence-electron chi connectivity index (χ2n) is 10.2. The highest BCUT2D eigenvalue weighted by molar-refractivity contribution is 5.84. The van der Waals surface area contributed by atoms with Crippen molar-refractivity contribution in [3.8, 4) is 0 Å². The number of unbranched alkanes of at least 4 members (excludes halogenated alkanes) is 10. The molecule has 8 nitrogen and oxygen atoms in total. The van der Waals surface area contributed by atoms with E-state index < -0.39 is 24.0 Å². The summed E-state index contributed by atoms with van der Waals surface area (Å²) in [6, 6.07) is -1.14. The Labute approximate surface area is 217 Å². The standard InChI is InChI=1S/C15H27NO3.C13H23NO3/c1-2-3-4-5-6-7-8-11-14(17)16-12-9-10-13(16)15(18)19;1-2-3-4-5-6-9-12(15)14-10-7-8-11(14)13(16)17/h13H,2-12H2,1H3,(H,18,19);11H,2-10H2,1H3,(H,16,17)/t;11-/m.0/s1. The summed E-state index contributed by atoms with van der Waals surface area (Å²) in [5.41, 5.74) is 0.